The Kier molecular flexibility index (Phi) is 3.55. The first-order valence-corrected chi connectivity index (χ1v) is 6.69. The highest BCUT2D eigenvalue weighted by Gasteiger charge is 2.32. The van der Waals surface area contributed by atoms with E-state index in [1.807, 2.05) is 0 Å². The molecule has 0 aliphatic carbocycles. The van der Waals surface area contributed by atoms with Gasteiger partial charge in [-0.25, -0.2) is 4.79 Å². The molecule has 0 atom stereocenters. The lowest BCUT2D eigenvalue weighted by Crippen LogP contribution is -2.09. The van der Waals surface area contributed by atoms with Gasteiger partial charge in [-0.15, -0.1) is 0 Å². The maximum Gasteiger partial charge on any atom is 0.433 e. The van der Waals surface area contributed by atoms with E-state index in [0.717, 1.165) is 17.6 Å². The van der Waals surface area contributed by atoms with Gasteiger partial charge < -0.3 is 9.67 Å². The number of pyridine rings is 1. The summed E-state index contributed by atoms with van der Waals surface area (Å²) in [5.74, 6) is -1.05. The number of hydrogen-bond acceptors (Lipinski definition) is 2. The molecule has 2 aromatic heterocycles. The molecule has 118 valence electrons. The van der Waals surface area contributed by atoms with Crippen molar-refractivity contribution in [1.82, 2.24) is 9.55 Å². The third kappa shape index (κ3) is 2.90. The molecular formula is C16H11F3N2O2. The monoisotopic (exact) mass is 320 g/mol. The molecule has 0 bridgehead atoms. The Labute approximate surface area is 128 Å². The SMILES string of the molecule is O=C(O)c1cccc2ccn(Cc3ccc(C(F)(F)F)nc3)c12. The predicted octanol–water partition coefficient (Wildman–Crippen LogP) is 3.80. The van der Waals surface area contributed by atoms with Crippen LogP contribution in [-0.2, 0) is 12.7 Å². The van der Waals surface area contributed by atoms with Gasteiger partial charge in [-0.3, -0.25) is 4.98 Å². The third-order valence-corrected chi connectivity index (χ3v) is 3.49. The van der Waals surface area contributed by atoms with Crippen molar-refractivity contribution in [2.75, 3.05) is 0 Å². The van der Waals surface area contributed by atoms with E-state index in [0.29, 0.717) is 11.1 Å². The zero-order valence-corrected chi connectivity index (χ0v) is 11.7. The summed E-state index contributed by atoms with van der Waals surface area (Å²) in [7, 11) is 0. The van der Waals surface area contributed by atoms with E-state index in [2.05, 4.69) is 4.98 Å². The highest BCUT2D eigenvalue weighted by Crippen LogP contribution is 2.27. The van der Waals surface area contributed by atoms with Crippen LogP contribution < -0.4 is 0 Å². The normalized spacial score (nSPS) is 11.8. The average Bonchev–Trinajstić information content (AvgIpc) is 2.90. The van der Waals surface area contributed by atoms with E-state index in [9.17, 15) is 23.1 Å². The van der Waals surface area contributed by atoms with E-state index in [1.165, 1.54) is 12.1 Å². The maximum absolute atomic E-state index is 12.5. The minimum Gasteiger partial charge on any atom is -0.478 e. The fourth-order valence-corrected chi connectivity index (χ4v) is 2.45. The van der Waals surface area contributed by atoms with Crippen LogP contribution in [0.1, 0.15) is 21.6 Å². The number of aromatic carboxylic acids is 1. The molecular weight excluding hydrogens is 309 g/mol. The van der Waals surface area contributed by atoms with E-state index >= 15 is 0 Å². The standard InChI is InChI=1S/C16H11F3N2O2/c17-16(18,19)13-5-4-10(8-20-13)9-21-7-6-11-2-1-3-12(14(11)21)15(22)23/h1-8H,9H2,(H,22,23). The molecule has 0 aliphatic heterocycles. The van der Waals surface area contributed by atoms with Gasteiger partial charge in [0.1, 0.15) is 5.69 Å². The lowest BCUT2D eigenvalue weighted by atomic mass is 10.1. The average molecular weight is 320 g/mol. The molecule has 0 fully saturated rings. The number of alkyl halides is 3. The van der Waals surface area contributed by atoms with Crippen LogP contribution in [0.5, 0.6) is 0 Å². The molecule has 7 heteroatoms. The molecule has 23 heavy (non-hydrogen) atoms. The Morgan fingerprint density at radius 1 is 1.17 bits per heavy atom. The minimum absolute atomic E-state index is 0.146. The molecule has 0 aliphatic rings. The summed E-state index contributed by atoms with van der Waals surface area (Å²) >= 11 is 0. The molecule has 0 saturated heterocycles. The Morgan fingerprint density at radius 2 is 1.96 bits per heavy atom. The van der Waals surface area contributed by atoms with E-state index in [1.54, 1.807) is 29.0 Å². The summed E-state index contributed by atoms with van der Waals surface area (Å²) < 4.78 is 39.2. The third-order valence-electron chi connectivity index (χ3n) is 3.49. The highest BCUT2D eigenvalue weighted by molar-refractivity contribution is 6.02. The summed E-state index contributed by atoms with van der Waals surface area (Å²) in [5.41, 5.74) is 0.271. The Morgan fingerprint density at radius 3 is 2.57 bits per heavy atom. The van der Waals surface area contributed by atoms with Crippen LogP contribution in [0.25, 0.3) is 10.9 Å². The first kappa shape index (κ1) is 15.1. The van der Waals surface area contributed by atoms with E-state index in [-0.39, 0.29) is 12.1 Å². The van der Waals surface area contributed by atoms with Gasteiger partial charge in [0.15, 0.2) is 0 Å². The van der Waals surface area contributed by atoms with Crippen molar-refractivity contribution in [3.05, 3.63) is 65.6 Å². The number of para-hydroxylation sites is 1. The molecule has 0 amide bonds. The lowest BCUT2D eigenvalue weighted by molar-refractivity contribution is -0.141. The van der Waals surface area contributed by atoms with Crippen LogP contribution in [0.15, 0.2) is 48.8 Å². The van der Waals surface area contributed by atoms with Crippen LogP contribution in [-0.4, -0.2) is 20.6 Å². The Bertz CT molecular complexity index is 867. The fraction of sp³-hybridized carbons (Fsp3) is 0.125. The van der Waals surface area contributed by atoms with Gasteiger partial charge in [0.25, 0.3) is 0 Å². The Hall–Kier alpha value is -2.83. The summed E-state index contributed by atoms with van der Waals surface area (Å²) in [6.07, 6.45) is -1.62. The molecule has 0 unspecified atom stereocenters. The zero-order chi connectivity index (χ0) is 16.6. The number of halogens is 3. The molecule has 0 spiro atoms. The number of aromatic nitrogens is 2. The summed E-state index contributed by atoms with van der Waals surface area (Å²) in [5, 5.41) is 10.0. The molecule has 1 N–H and O–H groups in total. The summed E-state index contributed by atoms with van der Waals surface area (Å²) in [6, 6.07) is 8.94. The number of carboxylic acids is 1. The fourth-order valence-electron chi connectivity index (χ4n) is 2.45. The number of carbonyl (C=O) groups is 1. The lowest BCUT2D eigenvalue weighted by Gasteiger charge is -2.09. The second-order valence-corrected chi connectivity index (χ2v) is 5.04. The van der Waals surface area contributed by atoms with Crippen molar-refractivity contribution in [2.24, 2.45) is 0 Å². The van der Waals surface area contributed by atoms with Gasteiger partial charge in [0.05, 0.1) is 11.1 Å². The minimum atomic E-state index is -4.48. The molecule has 3 rings (SSSR count). The van der Waals surface area contributed by atoms with Gasteiger partial charge in [0.2, 0.25) is 0 Å². The number of rotatable bonds is 3. The van der Waals surface area contributed by atoms with Crippen LogP contribution in [0.3, 0.4) is 0 Å². The number of fused-ring (bicyclic) bond motifs is 1. The topological polar surface area (TPSA) is 55.1 Å². The summed E-state index contributed by atoms with van der Waals surface area (Å²) in [4.78, 5) is 14.7. The van der Waals surface area contributed by atoms with Crippen LogP contribution in [0, 0.1) is 0 Å². The van der Waals surface area contributed by atoms with E-state index in [4.69, 9.17) is 0 Å². The first-order valence-electron chi connectivity index (χ1n) is 6.69. The molecule has 2 heterocycles. The molecule has 0 radical (unpaired) electrons. The van der Waals surface area contributed by atoms with Crippen LogP contribution >= 0.6 is 0 Å². The van der Waals surface area contributed by atoms with Crippen LogP contribution in [0.4, 0.5) is 13.2 Å². The number of hydrogen-bond donors (Lipinski definition) is 1. The quantitative estimate of drug-likeness (QED) is 0.798. The maximum atomic E-state index is 12.5. The van der Waals surface area contributed by atoms with Crippen LogP contribution in [0.2, 0.25) is 0 Å². The number of benzene rings is 1. The molecule has 0 saturated carbocycles. The predicted molar refractivity (Wildman–Crippen MR) is 77.2 cm³/mol. The number of carboxylic acid groups (broad SMARTS) is 1. The first-order chi connectivity index (χ1) is 10.9. The number of nitrogens with zero attached hydrogens (tertiary/aromatic N) is 2. The van der Waals surface area contributed by atoms with Crippen molar-refractivity contribution < 1.29 is 23.1 Å². The van der Waals surface area contributed by atoms with Gasteiger partial charge in [-0.1, -0.05) is 18.2 Å². The molecule has 3 aromatic rings. The highest BCUT2D eigenvalue weighted by atomic mass is 19.4. The van der Waals surface area contributed by atoms with Crippen molar-refractivity contribution in [2.45, 2.75) is 12.7 Å². The van der Waals surface area contributed by atoms with Crippen molar-refractivity contribution >= 4 is 16.9 Å². The van der Waals surface area contributed by atoms with Crippen molar-refractivity contribution in [3.8, 4) is 0 Å². The molecule has 4 nitrogen and oxygen atoms in total. The largest absolute Gasteiger partial charge is 0.478 e. The van der Waals surface area contributed by atoms with E-state index < -0.39 is 17.8 Å². The van der Waals surface area contributed by atoms with Gasteiger partial charge in [0, 0.05) is 24.3 Å². The summed E-state index contributed by atoms with van der Waals surface area (Å²) in [6.45, 7) is 0.235. The second-order valence-electron chi connectivity index (χ2n) is 5.04. The Balaban J connectivity index is 1.97. The molecule has 1 aromatic carbocycles. The zero-order valence-electron chi connectivity index (χ0n) is 11.7. The van der Waals surface area contributed by atoms with Crippen molar-refractivity contribution in [3.63, 3.8) is 0 Å². The van der Waals surface area contributed by atoms with Crippen molar-refractivity contribution in [1.29, 1.82) is 0 Å². The second kappa shape index (κ2) is 5.42. The van der Waals surface area contributed by atoms with Gasteiger partial charge in [-0.05, 0) is 23.8 Å². The van der Waals surface area contributed by atoms with Gasteiger partial charge >= 0.3 is 12.1 Å². The van der Waals surface area contributed by atoms with Gasteiger partial charge in [-0.2, -0.15) is 13.2 Å². The smallest absolute Gasteiger partial charge is 0.433 e.